The van der Waals surface area contributed by atoms with Gasteiger partial charge in [-0.05, 0) is 0 Å². The number of nitrogens with zero attached hydrogens (tertiary/aromatic N) is 2. The van der Waals surface area contributed by atoms with E-state index in [1.807, 2.05) is 12.2 Å². The lowest BCUT2D eigenvalue weighted by Gasteiger charge is -1.82. The fraction of sp³-hybridized carbons (Fsp3) is 0.167. The number of rotatable bonds is 4. The van der Waals surface area contributed by atoms with E-state index in [2.05, 4.69) is 33.1 Å². The second kappa shape index (κ2) is 9.11. The Morgan fingerprint density at radius 3 is 1.59 bits per heavy atom. The molecule has 0 bridgehead atoms. The Morgan fingerprint density at radius 1 is 0.941 bits per heavy atom. The van der Waals surface area contributed by atoms with E-state index in [9.17, 15) is 0 Å². The molecule has 0 spiro atoms. The number of aromatic amines is 2. The zero-order valence-electron chi connectivity index (χ0n) is 9.69. The van der Waals surface area contributed by atoms with E-state index in [0.29, 0.717) is 0 Å². The van der Waals surface area contributed by atoms with Gasteiger partial charge in [0.15, 0.2) is 0 Å². The summed E-state index contributed by atoms with van der Waals surface area (Å²) in [6, 6.07) is 0. The van der Waals surface area contributed by atoms with Crippen LogP contribution in [-0.4, -0.2) is 25.4 Å². The van der Waals surface area contributed by atoms with Crippen LogP contribution in [0.5, 0.6) is 0 Å². The van der Waals surface area contributed by atoms with Gasteiger partial charge in [-0.1, -0.05) is 12.2 Å². The van der Waals surface area contributed by atoms with Crippen molar-refractivity contribution in [2.75, 3.05) is 0 Å². The maximum Gasteiger partial charge on any atom is 0.109 e. The monoisotopic (exact) mass is 234 g/mol. The predicted octanol–water partition coefficient (Wildman–Crippen LogP) is 1.45. The van der Waals surface area contributed by atoms with E-state index in [-0.39, 0.29) is 5.48 Å². The standard InChI is InChI=1S/2C6H8N2.H2O/c2*1-2-3-6-7-4-5-8-6;/h2*2,4-5H,1,3H2,(H,7,8);1H2. The number of nitrogens with one attached hydrogen (secondary N) is 2. The van der Waals surface area contributed by atoms with Gasteiger partial charge in [-0.15, -0.1) is 13.2 Å². The highest BCUT2D eigenvalue weighted by Gasteiger charge is 1.85. The van der Waals surface area contributed by atoms with Crippen molar-refractivity contribution in [3.63, 3.8) is 0 Å². The van der Waals surface area contributed by atoms with Gasteiger partial charge in [0, 0.05) is 37.6 Å². The molecule has 0 amide bonds. The summed E-state index contributed by atoms with van der Waals surface area (Å²) in [5.74, 6) is 1.94. The number of hydrogen-bond donors (Lipinski definition) is 2. The summed E-state index contributed by atoms with van der Waals surface area (Å²) in [6.45, 7) is 7.15. The van der Waals surface area contributed by atoms with Crippen molar-refractivity contribution in [3.8, 4) is 0 Å². The Balaban J connectivity index is 0.000000284. The molecule has 0 radical (unpaired) electrons. The van der Waals surface area contributed by atoms with E-state index in [0.717, 1.165) is 24.5 Å². The molecular formula is C12H18N4O. The van der Waals surface area contributed by atoms with Crippen LogP contribution < -0.4 is 0 Å². The minimum atomic E-state index is 0. The largest absolute Gasteiger partial charge is 0.412 e. The summed E-state index contributed by atoms with van der Waals surface area (Å²) in [5, 5.41) is 0. The molecule has 2 aromatic heterocycles. The first-order valence-electron chi connectivity index (χ1n) is 5.05. The molecule has 0 fully saturated rings. The summed E-state index contributed by atoms with van der Waals surface area (Å²) in [5.41, 5.74) is 0. The van der Waals surface area contributed by atoms with Gasteiger partial charge in [-0.25, -0.2) is 9.97 Å². The van der Waals surface area contributed by atoms with Gasteiger partial charge in [-0.3, -0.25) is 0 Å². The molecule has 4 N–H and O–H groups in total. The molecule has 0 atom stereocenters. The van der Waals surface area contributed by atoms with Crippen LogP contribution in [0.2, 0.25) is 0 Å². The minimum absolute atomic E-state index is 0. The highest BCUT2D eigenvalue weighted by atomic mass is 16.0. The van der Waals surface area contributed by atoms with Gasteiger partial charge in [0.2, 0.25) is 0 Å². The minimum Gasteiger partial charge on any atom is -0.412 e. The van der Waals surface area contributed by atoms with Gasteiger partial charge in [0.25, 0.3) is 0 Å². The van der Waals surface area contributed by atoms with E-state index >= 15 is 0 Å². The molecule has 2 aromatic rings. The first kappa shape index (κ1) is 14.9. The third-order valence-corrected chi connectivity index (χ3v) is 1.79. The molecule has 2 heterocycles. The zero-order valence-corrected chi connectivity index (χ0v) is 9.69. The molecular weight excluding hydrogens is 216 g/mol. The molecule has 17 heavy (non-hydrogen) atoms. The van der Waals surface area contributed by atoms with Crippen LogP contribution in [-0.2, 0) is 12.8 Å². The van der Waals surface area contributed by atoms with Crippen LogP contribution in [0.15, 0.2) is 50.1 Å². The van der Waals surface area contributed by atoms with E-state index in [4.69, 9.17) is 0 Å². The highest BCUT2D eigenvalue weighted by Crippen LogP contribution is 1.88. The Bertz CT molecular complexity index is 352. The smallest absolute Gasteiger partial charge is 0.109 e. The fourth-order valence-corrected chi connectivity index (χ4v) is 1.09. The van der Waals surface area contributed by atoms with E-state index in [1.54, 1.807) is 24.8 Å². The third kappa shape index (κ3) is 6.11. The topological polar surface area (TPSA) is 88.9 Å². The maximum absolute atomic E-state index is 3.98. The van der Waals surface area contributed by atoms with Crippen LogP contribution in [0.4, 0.5) is 0 Å². The van der Waals surface area contributed by atoms with Crippen LogP contribution >= 0.6 is 0 Å². The molecule has 0 aliphatic carbocycles. The average Bonchev–Trinajstić information content (AvgIpc) is 2.92. The first-order valence-corrected chi connectivity index (χ1v) is 5.05. The third-order valence-electron chi connectivity index (χ3n) is 1.79. The molecule has 0 aromatic carbocycles. The molecule has 0 saturated heterocycles. The lowest BCUT2D eigenvalue weighted by atomic mass is 10.4. The van der Waals surface area contributed by atoms with Gasteiger partial charge >= 0.3 is 0 Å². The summed E-state index contributed by atoms with van der Waals surface area (Å²) in [4.78, 5) is 13.9. The lowest BCUT2D eigenvalue weighted by Crippen LogP contribution is -1.80. The van der Waals surface area contributed by atoms with E-state index < -0.39 is 0 Å². The average molecular weight is 234 g/mol. The maximum atomic E-state index is 3.98. The predicted molar refractivity (Wildman–Crippen MR) is 68.6 cm³/mol. The van der Waals surface area contributed by atoms with Crippen molar-refractivity contribution in [1.82, 2.24) is 19.9 Å². The number of aromatic nitrogens is 4. The van der Waals surface area contributed by atoms with Gasteiger partial charge in [0.1, 0.15) is 11.6 Å². The summed E-state index contributed by atoms with van der Waals surface area (Å²) in [6.07, 6.45) is 12.4. The number of imidazole rings is 2. The summed E-state index contributed by atoms with van der Waals surface area (Å²) < 4.78 is 0. The van der Waals surface area contributed by atoms with Gasteiger partial charge in [0.05, 0.1) is 0 Å². The molecule has 92 valence electrons. The van der Waals surface area contributed by atoms with Gasteiger partial charge < -0.3 is 15.4 Å². The molecule has 0 aliphatic rings. The fourth-order valence-electron chi connectivity index (χ4n) is 1.09. The van der Waals surface area contributed by atoms with Crippen molar-refractivity contribution >= 4 is 0 Å². The lowest BCUT2D eigenvalue weighted by molar-refractivity contribution is 0.824. The summed E-state index contributed by atoms with van der Waals surface area (Å²) in [7, 11) is 0. The SMILES string of the molecule is C=CCc1ncc[nH]1.C=CCc1ncc[nH]1.O. The first-order chi connectivity index (χ1) is 7.86. The molecule has 5 nitrogen and oxygen atoms in total. The molecule has 0 unspecified atom stereocenters. The normalized spacial score (nSPS) is 8.47. The van der Waals surface area contributed by atoms with E-state index in [1.165, 1.54) is 0 Å². The van der Waals surface area contributed by atoms with Crippen LogP contribution in [0.25, 0.3) is 0 Å². The van der Waals surface area contributed by atoms with Crippen molar-refractivity contribution in [2.24, 2.45) is 0 Å². The quantitative estimate of drug-likeness (QED) is 0.784. The Kier molecular flexibility index (Phi) is 7.97. The Morgan fingerprint density at radius 2 is 1.35 bits per heavy atom. The van der Waals surface area contributed by atoms with Gasteiger partial charge in [-0.2, -0.15) is 0 Å². The van der Waals surface area contributed by atoms with Crippen molar-refractivity contribution in [2.45, 2.75) is 12.8 Å². The number of hydrogen-bond acceptors (Lipinski definition) is 2. The zero-order chi connectivity index (χ0) is 11.6. The van der Waals surface area contributed by atoms with Crippen LogP contribution in [0, 0.1) is 0 Å². The van der Waals surface area contributed by atoms with Crippen molar-refractivity contribution in [3.05, 3.63) is 61.7 Å². The second-order valence-corrected chi connectivity index (χ2v) is 3.06. The molecule has 2 rings (SSSR count). The Hall–Kier alpha value is -2.14. The summed E-state index contributed by atoms with van der Waals surface area (Å²) >= 11 is 0. The molecule has 5 heteroatoms. The number of allylic oxidation sites excluding steroid dienone is 2. The van der Waals surface area contributed by atoms with Crippen LogP contribution in [0.3, 0.4) is 0 Å². The van der Waals surface area contributed by atoms with Crippen molar-refractivity contribution in [1.29, 1.82) is 0 Å². The van der Waals surface area contributed by atoms with Crippen LogP contribution in [0.1, 0.15) is 11.6 Å². The molecule has 0 aliphatic heterocycles. The molecule has 0 saturated carbocycles. The van der Waals surface area contributed by atoms with Crippen molar-refractivity contribution < 1.29 is 5.48 Å². The second-order valence-electron chi connectivity index (χ2n) is 3.06. The highest BCUT2D eigenvalue weighted by molar-refractivity contribution is 4.93. The number of H-pyrrole nitrogens is 2. The Labute approximate surface area is 101 Å².